The van der Waals surface area contributed by atoms with Gasteiger partial charge in [-0.05, 0) is 48.7 Å². The van der Waals surface area contributed by atoms with Gasteiger partial charge in [-0.2, -0.15) is 0 Å². The van der Waals surface area contributed by atoms with Gasteiger partial charge < -0.3 is 15.0 Å². The lowest BCUT2D eigenvalue weighted by Crippen LogP contribution is -2.15. The first-order chi connectivity index (χ1) is 13.5. The average molecular weight is 397 g/mol. The van der Waals surface area contributed by atoms with Crippen LogP contribution in [0.15, 0.2) is 47.3 Å². The van der Waals surface area contributed by atoms with E-state index in [1.807, 2.05) is 43.3 Å². The number of thioether (sulfide) groups is 1. The van der Waals surface area contributed by atoms with Crippen LogP contribution in [0, 0.1) is 6.92 Å². The molecule has 0 saturated carbocycles. The van der Waals surface area contributed by atoms with Gasteiger partial charge in [0.2, 0.25) is 5.91 Å². The predicted molar refractivity (Wildman–Crippen MR) is 116 cm³/mol. The van der Waals surface area contributed by atoms with Crippen molar-refractivity contribution in [3.05, 3.63) is 69.5 Å². The fraction of sp³-hybridized carbons (Fsp3) is 0.273. The summed E-state index contributed by atoms with van der Waals surface area (Å²) in [4.78, 5) is 28.0. The van der Waals surface area contributed by atoms with E-state index in [0.717, 1.165) is 28.8 Å². The second-order valence-electron chi connectivity index (χ2n) is 6.64. The third-order valence-electron chi connectivity index (χ3n) is 4.48. The van der Waals surface area contributed by atoms with Gasteiger partial charge in [-0.15, -0.1) is 11.8 Å². The van der Waals surface area contributed by atoms with Gasteiger partial charge in [-0.25, -0.2) is 0 Å². The molecule has 2 aromatic carbocycles. The molecule has 0 spiro atoms. The smallest absolute Gasteiger partial charge is 0.234 e. The van der Waals surface area contributed by atoms with Gasteiger partial charge in [0.15, 0.2) is 5.43 Å². The Balaban J connectivity index is 1.62. The zero-order valence-corrected chi connectivity index (χ0v) is 17.1. The number of aromatic amines is 1. The molecule has 146 valence electrons. The summed E-state index contributed by atoms with van der Waals surface area (Å²) in [6, 6.07) is 13.2. The third kappa shape index (κ3) is 4.75. The third-order valence-corrected chi connectivity index (χ3v) is 5.46. The number of aryl methyl sites for hydroxylation is 2. The molecule has 2 N–H and O–H groups in total. The van der Waals surface area contributed by atoms with E-state index >= 15 is 0 Å². The van der Waals surface area contributed by atoms with Crippen LogP contribution in [0.5, 0.6) is 5.75 Å². The Kier molecular flexibility index (Phi) is 6.41. The quantitative estimate of drug-likeness (QED) is 0.625. The summed E-state index contributed by atoms with van der Waals surface area (Å²) in [5, 5.41) is 3.59. The second kappa shape index (κ2) is 8.97. The van der Waals surface area contributed by atoms with E-state index < -0.39 is 0 Å². The largest absolute Gasteiger partial charge is 0.495 e. The number of hydrogen-bond acceptors (Lipinski definition) is 4. The van der Waals surface area contributed by atoms with Crippen LogP contribution in [0.2, 0.25) is 0 Å². The summed E-state index contributed by atoms with van der Waals surface area (Å²) < 4.78 is 5.28. The standard InChI is InChI=1S/C22H24N2O3S/c1-4-15-6-7-18-17(10-15)20(25)11-16(23-18)12-28-13-22(26)24-19-9-14(2)5-8-21(19)27-3/h5-11H,4,12-13H2,1-3H3,(H,23,25)(H,24,26). The monoisotopic (exact) mass is 396 g/mol. The van der Waals surface area contributed by atoms with Gasteiger partial charge in [-0.3, -0.25) is 9.59 Å². The molecule has 0 fully saturated rings. The Morgan fingerprint density at radius 1 is 1.18 bits per heavy atom. The van der Waals surface area contributed by atoms with Crippen molar-refractivity contribution in [3.63, 3.8) is 0 Å². The zero-order chi connectivity index (χ0) is 20.1. The number of pyridine rings is 1. The molecule has 0 saturated heterocycles. The van der Waals surface area contributed by atoms with Crippen LogP contribution >= 0.6 is 11.8 Å². The van der Waals surface area contributed by atoms with E-state index in [0.29, 0.717) is 22.6 Å². The highest BCUT2D eigenvalue weighted by molar-refractivity contribution is 7.99. The van der Waals surface area contributed by atoms with E-state index in [-0.39, 0.29) is 17.1 Å². The fourth-order valence-electron chi connectivity index (χ4n) is 3.01. The minimum atomic E-state index is -0.107. The first-order valence-corrected chi connectivity index (χ1v) is 10.3. The number of anilines is 1. The Morgan fingerprint density at radius 3 is 2.75 bits per heavy atom. The molecule has 3 aromatic rings. The van der Waals surface area contributed by atoms with E-state index in [9.17, 15) is 9.59 Å². The second-order valence-corrected chi connectivity index (χ2v) is 7.62. The van der Waals surface area contributed by atoms with Gasteiger partial charge >= 0.3 is 0 Å². The lowest BCUT2D eigenvalue weighted by molar-refractivity contribution is -0.113. The maximum atomic E-state index is 12.4. The minimum Gasteiger partial charge on any atom is -0.495 e. The molecule has 1 heterocycles. The Labute approximate surface area is 168 Å². The molecule has 0 unspecified atom stereocenters. The molecule has 28 heavy (non-hydrogen) atoms. The first-order valence-electron chi connectivity index (χ1n) is 9.17. The van der Waals surface area contributed by atoms with E-state index in [2.05, 4.69) is 17.2 Å². The van der Waals surface area contributed by atoms with Gasteiger partial charge in [-0.1, -0.05) is 19.1 Å². The van der Waals surface area contributed by atoms with Crippen LogP contribution in [-0.4, -0.2) is 23.8 Å². The Bertz CT molecular complexity index is 1060. The molecular formula is C22H24N2O3S. The van der Waals surface area contributed by atoms with Gasteiger partial charge in [0.1, 0.15) is 5.75 Å². The summed E-state index contributed by atoms with van der Waals surface area (Å²) in [7, 11) is 1.58. The normalized spacial score (nSPS) is 10.8. The number of carbonyl (C=O) groups excluding carboxylic acids is 1. The number of fused-ring (bicyclic) bond motifs is 1. The molecule has 5 nitrogen and oxygen atoms in total. The summed E-state index contributed by atoms with van der Waals surface area (Å²) in [6.07, 6.45) is 0.897. The molecule has 1 aromatic heterocycles. The number of aromatic nitrogens is 1. The number of methoxy groups -OCH3 is 1. The van der Waals surface area contributed by atoms with Crippen LogP contribution in [-0.2, 0) is 17.0 Å². The van der Waals surface area contributed by atoms with Crippen molar-refractivity contribution < 1.29 is 9.53 Å². The van der Waals surface area contributed by atoms with Crippen LogP contribution in [0.3, 0.4) is 0 Å². The molecule has 0 bridgehead atoms. The number of ether oxygens (including phenoxy) is 1. The molecule has 3 rings (SSSR count). The van der Waals surface area contributed by atoms with Crippen molar-refractivity contribution >= 4 is 34.3 Å². The highest BCUT2D eigenvalue weighted by atomic mass is 32.2. The molecule has 0 atom stereocenters. The van der Waals surface area contributed by atoms with Crippen molar-refractivity contribution in [3.8, 4) is 5.75 Å². The minimum absolute atomic E-state index is 0.00796. The number of amides is 1. The van der Waals surface area contributed by atoms with Crippen molar-refractivity contribution in [2.24, 2.45) is 0 Å². The van der Waals surface area contributed by atoms with Gasteiger partial charge in [0.05, 0.1) is 18.6 Å². The van der Waals surface area contributed by atoms with E-state index in [4.69, 9.17) is 4.74 Å². The Morgan fingerprint density at radius 2 is 2.00 bits per heavy atom. The number of H-pyrrole nitrogens is 1. The van der Waals surface area contributed by atoms with E-state index in [1.54, 1.807) is 13.2 Å². The summed E-state index contributed by atoms with van der Waals surface area (Å²) >= 11 is 1.45. The molecule has 0 aliphatic heterocycles. The maximum Gasteiger partial charge on any atom is 0.234 e. The predicted octanol–water partition coefficient (Wildman–Crippen LogP) is 4.28. The lowest BCUT2D eigenvalue weighted by Gasteiger charge is -2.11. The maximum absolute atomic E-state index is 12.4. The number of hydrogen-bond donors (Lipinski definition) is 2. The van der Waals surface area contributed by atoms with Crippen molar-refractivity contribution in [1.82, 2.24) is 4.98 Å². The zero-order valence-electron chi connectivity index (χ0n) is 16.3. The summed E-state index contributed by atoms with van der Waals surface area (Å²) in [6.45, 7) is 4.03. The van der Waals surface area contributed by atoms with Crippen LogP contribution in [0.25, 0.3) is 10.9 Å². The molecule has 0 aliphatic rings. The summed E-state index contributed by atoms with van der Waals surface area (Å²) in [5.74, 6) is 1.37. The molecule has 1 amide bonds. The Hall–Kier alpha value is -2.73. The molecule has 0 aliphatic carbocycles. The molecule has 0 radical (unpaired) electrons. The average Bonchev–Trinajstić information content (AvgIpc) is 2.68. The van der Waals surface area contributed by atoms with Gasteiger partial charge in [0, 0.05) is 28.4 Å². The topological polar surface area (TPSA) is 71.2 Å². The number of nitrogens with one attached hydrogen (secondary N) is 2. The van der Waals surface area contributed by atoms with Crippen LogP contribution < -0.4 is 15.5 Å². The highest BCUT2D eigenvalue weighted by Gasteiger charge is 2.09. The molecular weight excluding hydrogens is 372 g/mol. The summed E-state index contributed by atoms with van der Waals surface area (Å²) in [5.41, 5.74) is 4.50. The number of carbonyl (C=O) groups is 1. The van der Waals surface area contributed by atoms with Gasteiger partial charge in [0.25, 0.3) is 0 Å². The van der Waals surface area contributed by atoms with E-state index in [1.165, 1.54) is 11.8 Å². The number of benzene rings is 2. The van der Waals surface area contributed by atoms with Crippen molar-refractivity contribution in [2.45, 2.75) is 26.0 Å². The first kappa shape index (κ1) is 20.0. The number of rotatable bonds is 7. The fourth-order valence-corrected chi connectivity index (χ4v) is 3.74. The lowest BCUT2D eigenvalue weighted by atomic mass is 10.1. The molecule has 6 heteroatoms. The van der Waals surface area contributed by atoms with Crippen molar-refractivity contribution in [2.75, 3.05) is 18.2 Å². The van der Waals surface area contributed by atoms with Crippen LogP contribution in [0.1, 0.15) is 23.7 Å². The SMILES string of the molecule is CCc1ccc2[nH]c(CSCC(=O)Nc3cc(C)ccc3OC)cc(=O)c2c1. The van der Waals surface area contributed by atoms with Crippen molar-refractivity contribution in [1.29, 1.82) is 0 Å². The highest BCUT2D eigenvalue weighted by Crippen LogP contribution is 2.25. The van der Waals surface area contributed by atoms with Crippen LogP contribution in [0.4, 0.5) is 5.69 Å².